The van der Waals surface area contributed by atoms with Gasteiger partial charge in [-0.2, -0.15) is 4.31 Å². The molecule has 37 heavy (non-hydrogen) atoms. The van der Waals surface area contributed by atoms with Gasteiger partial charge in [-0.1, -0.05) is 0 Å². The van der Waals surface area contributed by atoms with E-state index in [0.29, 0.717) is 55.6 Å². The highest BCUT2D eigenvalue weighted by Gasteiger charge is 2.27. The largest absolute Gasteiger partial charge is 0.492 e. The molecule has 0 spiro atoms. The molecule has 2 fully saturated rings. The fourth-order valence-electron chi connectivity index (χ4n) is 4.17. The van der Waals surface area contributed by atoms with E-state index in [0.717, 1.165) is 12.8 Å². The van der Waals surface area contributed by atoms with Crippen molar-refractivity contribution in [1.29, 1.82) is 0 Å². The summed E-state index contributed by atoms with van der Waals surface area (Å²) in [6.07, 6.45) is 3.57. The molecular weight excluding hydrogens is 538 g/mol. The molecule has 2 heterocycles. The zero-order chi connectivity index (χ0) is 26.5. The summed E-state index contributed by atoms with van der Waals surface area (Å²) in [6.45, 7) is 2.93. The quantitative estimate of drug-likeness (QED) is 0.341. The molecule has 1 N–H and O–H groups in total. The molecule has 0 aromatic heterocycles. The fourth-order valence-corrected chi connectivity index (χ4v) is 7.30. The fraction of sp³-hybridized carbons (Fsp3) is 0.458. The molecule has 0 radical (unpaired) electrons. The smallest absolute Gasteiger partial charge is 0.255 e. The van der Waals surface area contributed by atoms with Crippen LogP contribution in [0.4, 0.5) is 0 Å². The molecule has 1 amide bonds. The second kappa shape index (κ2) is 12.1. The van der Waals surface area contributed by atoms with Gasteiger partial charge in [-0.3, -0.25) is 4.79 Å². The van der Waals surface area contributed by atoms with Crippen LogP contribution < -0.4 is 9.46 Å². The Kier molecular flexibility index (Phi) is 9.14. The first kappa shape index (κ1) is 27.9. The number of nitrogens with zero attached hydrogens (tertiary/aromatic N) is 2. The van der Waals surface area contributed by atoms with E-state index in [-0.39, 0.29) is 28.8 Å². The number of ether oxygens (including phenoxy) is 2. The summed E-state index contributed by atoms with van der Waals surface area (Å²) in [5.74, 6) is 0.213. The van der Waals surface area contributed by atoms with E-state index in [4.69, 9.17) is 9.47 Å². The lowest BCUT2D eigenvalue weighted by atomic mass is 10.2. The summed E-state index contributed by atoms with van der Waals surface area (Å²) >= 11 is 1.38. The molecule has 2 saturated heterocycles. The maximum Gasteiger partial charge on any atom is 0.255 e. The molecule has 13 heteroatoms. The van der Waals surface area contributed by atoms with Crippen molar-refractivity contribution in [3.8, 4) is 5.75 Å². The number of morpholine rings is 1. The molecule has 0 unspecified atom stereocenters. The minimum Gasteiger partial charge on any atom is -0.492 e. The van der Waals surface area contributed by atoms with Crippen LogP contribution in [0.15, 0.2) is 57.2 Å². The molecule has 0 saturated carbocycles. The molecule has 0 atom stereocenters. The third kappa shape index (κ3) is 6.65. The van der Waals surface area contributed by atoms with Gasteiger partial charge in [0.05, 0.1) is 28.6 Å². The van der Waals surface area contributed by atoms with Crippen molar-refractivity contribution in [2.45, 2.75) is 27.5 Å². The van der Waals surface area contributed by atoms with Crippen LogP contribution in [0.2, 0.25) is 0 Å². The highest BCUT2D eigenvalue weighted by Crippen LogP contribution is 2.26. The maximum absolute atomic E-state index is 13.0. The minimum atomic E-state index is -3.88. The predicted molar refractivity (Wildman–Crippen MR) is 140 cm³/mol. The third-order valence-electron chi connectivity index (χ3n) is 6.20. The summed E-state index contributed by atoms with van der Waals surface area (Å²) in [5.41, 5.74) is 0.345. The van der Waals surface area contributed by atoms with E-state index < -0.39 is 20.0 Å². The molecule has 2 aliphatic rings. The summed E-state index contributed by atoms with van der Waals surface area (Å²) in [4.78, 5) is 15.6. The number of hydrogen-bond donors (Lipinski definition) is 1. The number of nitrogens with one attached hydrogen (secondary N) is 1. The monoisotopic (exact) mass is 569 g/mol. The average Bonchev–Trinajstić information content (AvgIpc) is 3.47. The molecule has 2 aliphatic heterocycles. The van der Waals surface area contributed by atoms with Gasteiger partial charge in [-0.15, -0.1) is 11.8 Å². The van der Waals surface area contributed by atoms with Crippen LogP contribution in [0.5, 0.6) is 5.75 Å². The van der Waals surface area contributed by atoms with E-state index >= 15 is 0 Å². The van der Waals surface area contributed by atoms with E-state index in [2.05, 4.69) is 4.72 Å². The Labute approximate surface area is 222 Å². The molecule has 2 aromatic rings. The van der Waals surface area contributed by atoms with E-state index in [9.17, 15) is 21.6 Å². The number of benzene rings is 2. The normalized spacial score (nSPS) is 17.2. The molecule has 202 valence electrons. The van der Waals surface area contributed by atoms with Gasteiger partial charge < -0.3 is 14.4 Å². The van der Waals surface area contributed by atoms with Crippen LogP contribution in [0.3, 0.4) is 0 Å². The van der Waals surface area contributed by atoms with E-state index in [1.165, 1.54) is 40.3 Å². The van der Waals surface area contributed by atoms with Crippen molar-refractivity contribution in [2.75, 3.05) is 58.8 Å². The number of amides is 1. The number of carbonyl (C=O) groups is 1. The number of thioether (sulfide) groups is 1. The zero-order valence-electron chi connectivity index (χ0n) is 20.6. The zero-order valence-corrected chi connectivity index (χ0v) is 23.0. The first-order valence-electron chi connectivity index (χ1n) is 12.0. The van der Waals surface area contributed by atoms with Gasteiger partial charge in [0.15, 0.2) is 0 Å². The highest BCUT2D eigenvalue weighted by molar-refractivity contribution is 7.98. The van der Waals surface area contributed by atoms with Crippen molar-refractivity contribution in [1.82, 2.24) is 13.9 Å². The van der Waals surface area contributed by atoms with Crippen molar-refractivity contribution < 1.29 is 31.1 Å². The second-order valence-electron chi connectivity index (χ2n) is 8.60. The first-order valence-corrected chi connectivity index (χ1v) is 16.1. The maximum atomic E-state index is 13.0. The lowest BCUT2D eigenvalue weighted by molar-refractivity contribution is 0.0300. The Morgan fingerprint density at radius 1 is 0.973 bits per heavy atom. The summed E-state index contributed by atoms with van der Waals surface area (Å²) in [7, 11) is -7.38. The Morgan fingerprint density at radius 2 is 1.62 bits per heavy atom. The van der Waals surface area contributed by atoms with Crippen LogP contribution in [0.25, 0.3) is 0 Å². The summed E-state index contributed by atoms with van der Waals surface area (Å²) in [5, 5.41) is 0. The van der Waals surface area contributed by atoms with Crippen LogP contribution >= 0.6 is 11.8 Å². The van der Waals surface area contributed by atoms with Crippen molar-refractivity contribution in [2.24, 2.45) is 0 Å². The van der Waals surface area contributed by atoms with Crippen molar-refractivity contribution in [3.63, 3.8) is 0 Å². The summed E-state index contributed by atoms with van der Waals surface area (Å²) < 4.78 is 65.9. The SMILES string of the molecule is CSc1ccc(S(=O)(=O)NCCOc2ccc(S(=O)(=O)N3CCCC3)cc2)cc1C(=O)N1CCOCC1. The number of hydrogen-bond acceptors (Lipinski definition) is 8. The second-order valence-corrected chi connectivity index (χ2v) is 13.1. The van der Waals surface area contributed by atoms with Crippen LogP contribution in [0.1, 0.15) is 23.2 Å². The molecular formula is C24H31N3O7S3. The minimum absolute atomic E-state index is 0.00150. The molecule has 0 aliphatic carbocycles. The lowest BCUT2D eigenvalue weighted by Gasteiger charge is -2.27. The van der Waals surface area contributed by atoms with Crippen molar-refractivity contribution >= 4 is 37.7 Å². The van der Waals surface area contributed by atoms with Crippen LogP contribution in [0, 0.1) is 0 Å². The van der Waals surface area contributed by atoms with Gasteiger partial charge in [0.2, 0.25) is 20.0 Å². The van der Waals surface area contributed by atoms with Gasteiger partial charge in [0.1, 0.15) is 12.4 Å². The number of rotatable bonds is 10. The third-order valence-corrected chi connectivity index (χ3v) is 10.4. The predicted octanol–water partition coefficient (Wildman–Crippen LogP) is 2.02. The van der Waals surface area contributed by atoms with Gasteiger partial charge in [-0.25, -0.2) is 21.6 Å². The van der Waals surface area contributed by atoms with Crippen LogP contribution in [-0.2, 0) is 24.8 Å². The number of sulfonamides is 2. The van der Waals surface area contributed by atoms with Crippen LogP contribution in [-0.4, -0.2) is 90.7 Å². The Bertz CT molecular complexity index is 1300. The Morgan fingerprint density at radius 3 is 2.27 bits per heavy atom. The van der Waals surface area contributed by atoms with Gasteiger partial charge >= 0.3 is 0 Å². The summed E-state index contributed by atoms with van der Waals surface area (Å²) in [6, 6.07) is 10.6. The molecule has 4 rings (SSSR count). The lowest BCUT2D eigenvalue weighted by Crippen LogP contribution is -2.41. The molecule has 0 bridgehead atoms. The van der Waals surface area contributed by atoms with Gasteiger partial charge in [0, 0.05) is 37.6 Å². The molecule has 10 nitrogen and oxygen atoms in total. The van der Waals surface area contributed by atoms with Crippen molar-refractivity contribution in [3.05, 3.63) is 48.0 Å². The Hall–Kier alpha value is -2.16. The Balaban J connectivity index is 1.35. The average molecular weight is 570 g/mol. The van der Waals surface area contributed by atoms with E-state index in [1.807, 2.05) is 6.26 Å². The van der Waals surface area contributed by atoms with Gasteiger partial charge in [0.25, 0.3) is 5.91 Å². The molecule has 2 aromatic carbocycles. The standard InChI is InChI=1S/C24H31N3O7S3/c1-35-23-9-8-21(18-22(23)24(28)26-13-16-33-17-14-26)36(29,30)25-10-15-34-19-4-6-20(7-5-19)37(31,32)27-11-2-3-12-27/h4-9,18,25H,2-3,10-17H2,1H3. The van der Waals surface area contributed by atoms with E-state index in [1.54, 1.807) is 23.1 Å². The first-order chi connectivity index (χ1) is 17.7. The number of carbonyl (C=O) groups excluding carboxylic acids is 1. The topological polar surface area (TPSA) is 122 Å². The highest BCUT2D eigenvalue weighted by atomic mass is 32.2. The van der Waals surface area contributed by atoms with Gasteiger partial charge in [-0.05, 0) is 61.6 Å².